The van der Waals surface area contributed by atoms with E-state index in [9.17, 15) is 33.9 Å². The number of primary amides is 1. The first-order chi connectivity index (χ1) is 23.8. The molecule has 0 fully saturated rings. The molecule has 4 rings (SSSR count). The number of aliphatic carboxylic acids is 1. The van der Waals surface area contributed by atoms with Crippen LogP contribution in [-0.4, -0.2) is 69.8 Å². The molecule has 0 saturated carbocycles. The Morgan fingerprint density at radius 1 is 0.700 bits per heavy atom. The van der Waals surface area contributed by atoms with Crippen molar-refractivity contribution in [1.82, 2.24) is 26.3 Å². The van der Waals surface area contributed by atoms with Gasteiger partial charge in [-0.1, -0.05) is 74.5 Å². The second-order valence-electron chi connectivity index (χ2n) is 12.5. The first kappa shape index (κ1) is 36.8. The summed E-state index contributed by atoms with van der Waals surface area (Å²) in [5.74, 6) is -5.07. The van der Waals surface area contributed by atoms with Gasteiger partial charge in [-0.3, -0.25) is 28.8 Å². The second kappa shape index (κ2) is 16.9. The number of carboxylic acids is 1. The van der Waals surface area contributed by atoms with Crippen LogP contribution in [0.4, 0.5) is 0 Å². The van der Waals surface area contributed by atoms with Gasteiger partial charge in [-0.2, -0.15) is 0 Å². The summed E-state index contributed by atoms with van der Waals surface area (Å²) >= 11 is 0. The molecular weight excluding hydrogens is 640 g/mol. The standard InChI is InChI=1S/C37H42N6O7/c1-21(2)17-30(42-34(47)22(3)40-35(48)25-15-13-24(14-16-25)23-9-5-4-6-10-23)36(49)43-31(37(50)41-29(33(38)46)19-32(44)45)18-26-20-39-28-12-8-7-11-27(26)28/h4-16,20-22,29-31,39H,17-19H2,1-3H3,(H2,38,46)(H,40,48)(H,41,50)(H,42,47)(H,43,49)(H,44,45)/t22-,29-,30-,31-/m0/s1. The summed E-state index contributed by atoms with van der Waals surface area (Å²) in [7, 11) is 0. The molecule has 3 aromatic carbocycles. The number of carbonyl (C=O) groups is 6. The van der Waals surface area contributed by atoms with Gasteiger partial charge < -0.3 is 37.1 Å². The number of nitrogens with one attached hydrogen (secondary N) is 5. The molecule has 0 radical (unpaired) electrons. The Morgan fingerprint density at radius 2 is 1.28 bits per heavy atom. The summed E-state index contributed by atoms with van der Waals surface area (Å²) < 4.78 is 0. The molecule has 0 unspecified atom stereocenters. The van der Waals surface area contributed by atoms with E-state index in [4.69, 9.17) is 5.73 Å². The molecule has 0 bridgehead atoms. The van der Waals surface area contributed by atoms with Gasteiger partial charge >= 0.3 is 5.97 Å². The lowest BCUT2D eigenvalue weighted by Gasteiger charge is -2.26. The molecule has 0 aliphatic carbocycles. The number of H-pyrrole nitrogens is 1. The first-order valence-electron chi connectivity index (χ1n) is 16.3. The quantitative estimate of drug-likeness (QED) is 0.0938. The Morgan fingerprint density at radius 3 is 1.92 bits per heavy atom. The van der Waals surface area contributed by atoms with E-state index in [0.717, 1.165) is 22.0 Å². The van der Waals surface area contributed by atoms with Crippen LogP contribution in [0, 0.1) is 5.92 Å². The maximum Gasteiger partial charge on any atom is 0.305 e. The van der Waals surface area contributed by atoms with Gasteiger partial charge in [0.15, 0.2) is 0 Å². The van der Waals surface area contributed by atoms with E-state index in [2.05, 4.69) is 26.3 Å². The van der Waals surface area contributed by atoms with Crippen LogP contribution in [0.5, 0.6) is 0 Å². The lowest BCUT2D eigenvalue weighted by Crippen LogP contribution is -2.58. The predicted octanol–water partition coefficient (Wildman–Crippen LogP) is 2.66. The van der Waals surface area contributed by atoms with Crippen molar-refractivity contribution in [3.8, 4) is 11.1 Å². The number of aromatic amines is 1. The summed E-state index contributed by atoms with van der Waals surface area (Å²) in [6.45, 7) is 5.21. The van der Waals surface area contributed by atoms with Gasteiger partial charge in [0.2, 0.25) is 23.6 Å². The van der Waals surface area contributed by atoms with Crippen LogP contribution in [0.2, 0.25) is 0 Å². The highest BCUT2D eigenvalue weighted by Crippen LogP contribution is 2.21. The molecule has 0 aliphatic rings. The first-order valence-corrected chi connectivity index (χ1v) is 16.3. The fraction of sp³-hybridized carbons (Fsp3) is 0.297. The molecule has 13 heteroatoms. The van der Waals surface area contributed by atoms with Gasteiger partial charge in [-0.05, 0) is 54.2 Å². The van der Waals surface area contributed by atoms with Gasteiger partial charge in [0.25, 0.3) is 5.91 Å². The number of fused-ring (bicyclic) bond motifs is 1. The maximum atomic E-state index is 13.7. The molecule has 4 atom stereocenters. The Bertz CT molecular complexity index is 1840. The average molecular weight is 683 g/mol. The van der Waals surface area contributed by atoms with E-state index in [0.29, 0.717) is 11.1 Å². The molecule has 1 heterocycles. The van der Waals surface area contributed by atoms with E-state index in [1.165, 1.54) is 6.92 Å². The lowest BCUT2D eigenvalue weighted by molar-refractivity contribution is -0.140. The number of carbonyl (C=O) groups excluding carboxylic acids is 5. The highest BCUT2D eigenvalue weighted by atomic mass is 16.4. The summed E-state index contributed by atoms with van der Waals surface area (Å²) in [6, 6.07) is 19.0. The Kier molecular flexibility index (Phi) is 12.5. The van der Waals surface area contributed by atoms with Crippen molar-refractivity contribution in [2.24, 2.45) is 11.7 Å². The van der Waals surface area contributed by atoms with Crippen molar-refractivity contribution in [3.63, 3.8) is 0 Å². The number of hydrogen-bond donors (Lipinski definition) is 7. The molecule has 5 amide bonds. The van der Waals surface area contributed by atoms with Crippen molar-refractivity contribution in [2.45, 2.75) is 64.2 Å². The molecule has 13 nitrogen and oxygen atoms in total. The second-order valence-corrected chi connectivity index (χ2v) is 12.5. The number of hydrogen-bond acceptors (Lipinski definition) is 6. The molecule has 8 N–H and O–H groups in total. The van der Waals surface area contributed by atoms with Gasteiger partial charge in [0, 0.05) is 29.1 Å². The van der Waals surface area contributed by atoms with Crippen LogP contribution in [0.3, 0.4) is 0 Å². The molecule has 0 aliphatic heterocycles. The summed E-state index contributed by atoms with van der Waals surface area (Å²) in [6.07, 6.45) is 1.11. The van der Waals surface area contributed by atoms with Crippen LogP contribution in [0.1, 0.15) is 49.5 Å². The highest BCUT2D eigenvalue weighted by molar-refractivity contribution is 5.99. The fourth-order valence-electron chi connectivity index (χ4n) is 5.46. The molecule has 50 heavy (non-hydrogen) atoms. The Hall–Kier alpha value is -5.98. The number of carboxylic acid groups (broad SMARTS) is 1. The van der Waals surface area contributed by atoms with Crippen molar-refractivity contribution in [2.75, 3.05) is 0 Å². The SMILES string of the molecule is CC(C)C[C@H](NC(=O)[C@H](C)NC(=O)c1ccc(-c2ccccc2)cc1)C(=O)N[C@@H](Cc1c[nH]c2ccccc12)C(=O)N[C@@H](CC(=O)O)C(N)=O. The lowest BCUT2D eigenvalue weighted by atomic mass is 10.00. The largest absolute Gasteiger partial charge is 0.481 e. The van der Waals surface area contributed by atoms with Gasteiger partial charge in [0.05, 0.1) is 6.42 Å². The third-order valence-electron chi connectivity index (χ3n) is 8.11. The predicted molar refractivity (Wildman–Crippen MR) is 188 cm³/mol. The van der Waals surface area contributed by atoms with Crippen LogP contribution in [-0.2, 0) is 30.4 Å². The fourth-order valence-corrected chi connectivity index (χ4v) is 5.46. The van der Waals surface area contributed by atoms with E-state index >= 15 is 0 Å². The third-order valence-corrected chi connectivity index (χ3v) is 8.11. The molecule has 1 aromatic heterocycles. The topological polar surface area (TPSA) is 213 Å². The molecule has 0 spiro atoms. The smallest absolute Gasteiger partial charge is 0.305 e. The maximum absolute atomic E-state index is 13.7. The molecule has 0 saturated heterocycles. The van der Waals surface area contributed by atoms with Crippen molar-refractivity contribution >= 4 is 46.4 Å². The minimum absolute atomic E-state index is 0.0298. The van der Waals surface area contributed by atoms with E-state index < -0.39 is 66.1 Å². The third kappa shape index (κ3) is 10.0. The van der Waals surface area contributed by atoms with E-state index in [1.54, 1.807) is 18.3 Å². The zero-order chi connectivity index (χ0) is 36.4. The number of rotatable bonds is 16. The normalized spacial score (nSPS) is 13.4. The molecule has 262 valence electrons. The average Bonchev–Trinajstić information content (AvgIpc) is 3.49. The highest BCUT2D eigenvalue weighted by Gasteiger charge is 2.32. The Balaban J connectivity index is 1.48. The van der Waals surface area contributed by atoms with Crippen LogP contribution in [0.15, 0.2) is 85.1 Å². The number of benzene rings is 3. The zero-order valence-corrected chi connectivity index (χ0v) is 28.1. The zero-order valence-electron chi connectivity index (χ0n) is 28.1. The Labute approximate surface area is 289 Å². The summed E-state index contributed by atoms with van der Waals surface area (Å²) in [5, 5.41) is 20.4. The molecule has 4 aromatic rings. The number of nitrogens with two attached hydrogens (primary N) is 1. The minimum Gasteiger partial charge on any atom is -0.481 e. The van der Waals surface area contributed by atoms with E-state index in [1.807, 2.05) is 80.6 Å². The molecular formula is C37H42N6O7. The van der Waals surface area contributed by atoms with Crippen LogP contribution < -0.4 is 27.0 Å². The van der Waals surface area contributed by atoms with Crippen LogP contribution in [0.25, 0.3) is 22.0 Å². The number of amides is 5. The number of para-hydroxylation sites is 1. The van der Waals surface area contributed by atoms with Crippen molar-refractivity contribution in [3.05, 3.63) is 96.2 Å². The van der Waals surface area contributed by atoms with E-state index in [-0.39, 0.29) is 18.8 Å². The van der Waals surface area contributed by atoms with Crippen LogP contribution >= 0.6 is 0 Å². The summed E-state index contributed by atoms with van der Waals surface area (Å²) in [5.41, 5.74) is 9.09. The summed E-state index contributed by atoms with van der Waals surface area (Å²) in [4.78, 5) is 79.9. The van der Waals surface area contributed by atoms with Gasteiger partial charge in [0.1, 0.15) is 24.2 Å². The number of aromatic nitrogens is 1. The van der Waals surface area contributed by atoms with Gasteiger partial charge in [-0.15, -0.1) is 0 Å². The minimum atomic E-state index is -1.52. The monoisotopic (exact) mass is 682 g/mol. The van der Waals surface area contributed by atoms with Crippen molar-refractivity contribution < 1.29 is 33.9 Å². The van der Waals surface area contributed by atoms with Gasteiger partial charge in [-0.25, -0.2) is 0 Å². The van der Waals surface area contributed by atoms with Crippen molar-refractivity contribution in [1.29, 1.82) is 0 Å².